The highest BCUT2D eigenvalue weighted by Crippen LogP contribution is 2.40. The van der Waals surface area contributed by atoms with Crippen LogP contribution in [0.3, 0.4) is 0 Å². The lowest BCUT2D eigenvalue weighted by molar-refractivity contribution is -0.139. The maximum atomic E-state index is 11.8. The quantitative estimate of drug-likeness (QED) is 0.730. The third-order valence-electron chi connectivity index (χ3n) is 3.07. The molecular weight excluding hydrogens is 397 g/mol. The molecule has 0 radical (unpaired) electrons. The van der Waals surface area contributed by atoms with Gasteiger partial charge in [0.05, 0.1) is 9.36 Å². The molecule has 128 valence electrons. The summed E-state index contributed by atoms with van der Waals surface area (Å²) in [4.78, 5) is 23.2. The molecule has 0 spiro atoms. The van der Waals surface area contributed by atoms with Crippen molar-refractivity contribution >= 4 is 58.2 Å². The molecule has 24 heavy (non-hydrogen) atoms. The number of carboxylic acids is 1. The Morgan fingerprint density at radius 2 is 1.83 bits per heavy atom. The van der Waals surface area contributed by atoms with Gasteiger partial charge < -0.3 is 15.2 Å². The molecule has 2 aromatic rings. The Morgan fingerprint density at radius 1 is 1.17 bits per heavy atom. The molecule has 1 unspecified atom stereocenters. The first-order valence-corrected chi connectivity index (χ1v) is 8.65. The van der Waals surface area contributed by atoms with E-state index in [1.54, 1.807) is 24.3 Å². The first-order valence-electron chi connectivity index (χ1n) is 6.70. The summed E-state index contributed by atoms with van der Waals surface area (Å²) in [5.74, 6) is -1.24. The van der Waals surface area contributed by atoms with Crippen LogP contribution >= 0.6 is 46.1 Å². The molecule has 0 fully saturated rings. The molecule has 1 atom stereocenters. The van der Waals surface area contributed by atoms with Crippen LogP contribution in [0.15, 0.2) is 30.3 Å². The third-order valence-corrected chi connectivity index (χ3v) is 5.38. The van der Waals surface area contributed by atoms with Crippen molar-refractivity contribution in [3.8, 4) is 0 Å². The Labute approximate surface area is 157 Å². The van der Waals surface area contributed by atoms with E-state index in [1.807, 2.05) is 6.07 Å². The Kier molecular flexibility index (Phi) is 6.74. The van der Waals surface area contributed by atoms with Gasteiger partial charge in [0.1, 0.15) is 17.0 Å². The van der Waals surface area contributed by atoms with Crippen molar-refractivity contribution in [3.63, 3.8) is 0 Å². The highest BCUT2D eigenvalue weighted by Gasteiger charge is 2.25. The van der Waals surface area contributed by atoms with Crippen LogP contribution in [-0.2, 0) is 22.6 Å². The number of ether oxygens (including phenoxy) is 1. The molecule has 0 bridgehead atoms. The van der Waals surface area contributed by atoms with Crippen molar-refractivity contribution in [2.45, 2.75) is 19.1 Å². The van der Waals surface area contributed by atoms with Gasteiger partial charge in [-0.05, 0) is 5.56 Å². The first kappa shape index (κ1) is 18.9. The summed E-state index contributed by atoms with van der Waals surface area (Å²) in [7, 11) is 0. The van der Waals surface area contributed by atoms with Crippen molar-refractivity contribution < 1.29 is 19.4 Å². The molecule has 2 N–H and O–H groups in total. The Balaban J connectivity index is 1.98. The molecule has 2 rings (SSSR count). The van der Waals surface area contributed by atoms with E-state index >= 15 is 0 Å². The van der Waals surface area contributed by atoms with E-state index in [0.717, 1.165) is 16.9 Å². The number of carbonyl (C=O) groups is 2. The molecule has 9 heteroatoms. The lowest BCUT2D eigenvalue weighted by Gasteiger charge is -2.14. The van der Waals surface area contributed by atoms with Gasteiger partial charge in [0.2, 0.25) is 0 Å². The number of hydrogen-bond acceptors (Lipinski definition) is 4. The molecule has 1 aromatic heterocycles. The summed E-state index contributed by atoms with van der Waals surface area (Å²) in [5, 5.41) is 11.7. The highest BCUT2D eigenvalue weighted by molar-refractivity contribution is 7.20. The third kappa shape index (κ3) is 5.01. The van der Waals surface area contributed by atoms with Crippen LogP contribution in [0, 0.1) is 0 Å². The Morgan fingerprint density at radius 3 is 2.38 bits per heavy atom. The maximum Gasteiger partial charge on any atom is 0.408 e. The zero-order valence-corrected chi connectivity index (χ0v) is 15.2. The lowest BCUT2D eigenvalue weighted by Crippen LogP contribution is -2.42. The molecule has 1 heterocycles. The molecule has 0 saturated carbocycles. The number of carboxylic acid groups (broad SMARTS) is 1. The second-order valence-electron chi connectivity index (χ2n) is 4.74. The summed E-state index contributed by atoms with van der Waals surface area (Å²) < 4.78 is 5.57. The van der Waals surface area contributed by atoms with E-state index in [0.29, 0.717) is 5.56 Å². The lowest BCUT2D eigenvalue weighted by atomic mass is 10.1. The van der Waals surface area contributed by atoms with E-state index in [2.05, 4.69) is 5.32 Å². The minimum Gasteiger partial charge on any atom is -0.480 e. The fourth-order valence-electron chi connectivity index (χ4n) is 1.87. The topological polar surface area (TPSA) is 75.6 Å². The Bertz CT molecular complexity index is 736. The maximum absolute atomic E-state index is 11.8. The molecule has 0 aliphatic carbocycles. The SMILES string of the molecule is O=C(NC(Cc1c(Cl)sc(Cl)c1Cl)C(=O)O)OCc1ccccc1. The van der Waals surface area contributed by atoms with Crippen molar-refractivity contribution in [2.24, 2.45) is 0 Å². The van der Waals surface area contributed by atoms with Crippen LogP contribution in [0.25, 0.3) is 0 Å². The van der Waals surface area contributed by atoms with Crippen molar-refractivity contribution in [1.82, 2.24) is 5.32 Å². The van der Waals surface area contributed by atoms with Crippen LogP contribution < -0.4 is 5.32 Å². The molecule has 0 saturated heterocycles. The van der Waals surface area contributed by atoms with Gasteiger partial charge >= 0.3 is 12.1 Å². The van der Waals surface area contributed by atoms with Gasteiger partial charge in [-0.25, -0.2) is 9.59 Å². The van der Waals surface area contributed by atoms with Crippen molar-refractivity contribution in [1.29, 1.82) is 0 Å². The Hall–Kier alpha value is -1.47. The van der Waals surface area contributed by atoms with E-state index in [4.69, 9.17) is 39.5 Å². The van der Waals surface area contributed by atoms with Gasteiger partial charge in [0, 0.05) is 12.0 Å². The normalized spacial score (nSPS) is 11.8. The monoisotopic (exact) mass is 407 g/mol. The molecule has 0 aliphatic rings. The number of benzene rings is 1. The van der Waals surface area contributed by atoms with Gasteiger partial charge in [-0.3, -0.25) is 0 Å². The first-order chi connectivity index (χ1) is 11.4. The second-order valence-corrected chi connectivity index (χ2v) is 7.35. The standard InChI is InChI=1S/C15H12Cl3NO4S/c16-11-9(12(17)24-13(11)18)6-10(14(20)21)19-15(22)23-7-8-4-2-1-3-5-8/h1-5,10H,6-7H2,(H,19,22)(H,20,21). The predicted octanol–water partition coefficient (Wildman–Crippen LogP) is 4.63. The fourth-order valence-corrected chi connectivity index (χ4v) is 3.81. The molecule has 5 nitrogen and oxygen atoms in total. The van der Waals surface area contributed by atoms with Crippen molar-refractivity contribution in [3.05, 3.63) is 55.2 Å². The zero-order valence-electron chi connectivity index (χ0n) is 12.1. The average molecular weight is 409 g/mol. The van der Waals surface area contributed by atoms with Gasteiger partial charge in [0.25, 0.3) is 0 Å². The number of amides is 1. The summed E-state index contributed by atoms with van der Waals surface area (Å²) in [6.07, 6.45) is -0.948. The van der Waals surface area contributed by atoms with E-state index in [9.17, 15) is 14.7 Å². The van der Waals surface area contributed by atoms with E-state index in [1.165, 1.54) is 0 Å². The highest BCUT2D eigenvalue weighted by atomic mass is 35.5. The number of halogens is 3. The summed E-state index contributed by atoms with van der Waals surface area (Å²) in [6.45, 7) is 0.0325. The van der Waals surface area contributed by atoms with Crippen LogP contribution in [-0.4, -0.2) is 23.2 Å². The average Bonchev–Trinajstić information content (AvgIpc) is 2.79. The van der Waals surface area contributed by atoms with Gasteiger partial charge in [0.15, 0.2) is 0 Å². The van der Waals surface area contributed by atoms with Gasteiger partial charge in [-0.15, -0.1) is 11.3 Å². The van der Waals surface area contributed by atoms with Crippen LogP contribution in [0.1, 0.15) is 11.1 Å². The summed E-state index contributed by atoms with van der Waals surface area (Å²) >= 11 is 18.9. The van der Waals surface area contributed by atoms with Gasteiger partial charge in [-0.1, -0.05) is 65.1 Å². The smallest absolute Gasteiger partial charge is 0.408 e. The van der Waals surface area contributed by atoms with Crippen LogP contribution in [0.4, 0.5) is 4.79 Å². The van der Waals surface area contributed by atoms with E-state index in [-0.39, 0.29) is 26.7 Å². The van der Waals surface area contributed by atoms with Crippen molar-refractivity contribution in [2.75, 3.05) is 0 Å². The number of hydrogen-bond donors (Lipinski definition) is 2. The fraction of sp³-hybridized carbons (Fsp3) is 0.200. The number of carbonyl (C=O) groups excluding carboxylic acids is 1. The predicted molar refractivity (Wildman–Crippen MR) is 94.2 cm³/mol. The molecule has 1 aromatic carbocycles. The number of alkyl carbamates (subject to hydrolysis) is 1. The van der Waals surface area contributed by atoms with E-state index < -0.39 is 18.1 Å². The minimum absolute atomic E-state index is 0.0325. The second kappa shape index (κ2) is 8.58. The molecular formula is C15H12Cl3NO4S. The summed E-state index contributed by atoms with van der Waals surface area (Å²) in [5.41, 5.74) is 1.17. The van der Waals surface area contributed by atoms with Crippen LogP contribution in [0.2, 0.25) is 13.7 Å². The number of rotatable bonds is 6. The largest absolute Gasteiger partial charge is 0.480 e. The zero-order chi connectivity index (χ0) is 17.7. The molecule has 1 amide bonds. The van der Waals surface area contributed by atoms with Gasteiger partial charge in [-0.2, -0.15) is 0 Å². The van der Waals surface area contributed by atoms with Crippen LogP contribution in [0.5, 0.6) is 0 Å². The molecule has 0 aliphatic heterocycles. The number of nitrogens with one attached hydrogen (secondary N) is 1. The minimum atomic E-state index is -1.24. The number of aliphatic carboxylic acids is 1. The number of thiophene rings is 1. The summed E-state index contributed by atoms with van der Waals surface area (Å²) in [6, 6.07) is 7.78.